The molecule has 0 aromatic heterocycles. The van der Waals surface area contributed by atoms with Gasteiger partial charge in [0.2, 0.25) is 5.91 Å². The first kappa shape index (κ1) is 12.5. The topological polar surface area (TPSA) is 66.5 Å². The maximum Gasteiger partial charge on any atom is 0.330 e. The molecule has 1 N–H and O–H groups in total. The second-order valence-electron chi connectivity index (χ2n) is 4.64. The zero-order chi connectivity index (χ0) is 13.3. The van der Waals surface area contributed by atoms with Crippen molar-refractivity contribution in [3.8, 4) is 0 Å². The van der Waals surface area contributed by atoms with E-state index in [4.69, 9.17) is 0 Å². The molecule has 1 fully saturated rings. The second kappa shape index (κ2) is 4.40. The number of carbonyl (C=O) groups is 3. The predicted octanol–water partition coefficient (Wildman–Crippen LogP) is 1.37. The Morgan fingerprint density at radius 3 is 2.78 bits per heavy atom. The summed E-state index contributed by atoms with van der Waals surface area (Å²) in [6.07, 6.45) is 6.24. The highest BCUT2D eigenvalue weighted by Gasteiger charge is 2.54. The fourth-order valence-electron chi connectivity index (χ4n) is 2.63. The number of nitrogens with one attached hydrogen (secondary N) is 1. The largest absolute Gasteiger partial charge is 0.330 e. The molecule has 0 aromatic rings. The summed E-state index contributed by atoms with van der Waals surface area (Å²) in [4.78, 5) is 37.0. The van der Waals surface area contributed by atoms with Gasteiger partial charge in [0.15, 0.2) is 5.41 Å². The Balaban J connectivity index is 2.50. The van der Waals surface area contributed by atoms with Crippen LogP contribution in [0.3, 0.4) is 0 Å². The van der Waals surface area contributed by atoms with Gasteiger partial charge in [-0.05, 0) is 31.3 Å². The van der Waals surface area contributed by atoms with Crippen LogP contribution in [0.5, 0.6) is 0 Å². The van der Waals surface area contributed by atoms with Gasteiger partial charge in [0.1, 0.15) is 0 Å². The number of hydrogen-bond acceptors (Lipinski definition) is 3. The van der Waals surface area contributed by atoms with Crippen LogP contribution in [-0.4, -0.2) is 29.8 Å². The number of amides is 4. The van der Waals surface area contributed by atoms with E-state index in [-0.39, 0.29) is 6.42 Å². The van der Waals surface area contributed by atoms with E-state index in [9.17, 15) is 14.4 Å². The van der Waals surface area contributed by atoms with Crippen LogP contribution >= 0.6 is 0 Å². The third-order valence-electron chi connectivity index (χ3n) is 3.62. The minimum atomic E-state index is -1.26. The quantitative estimate of drug-likeness (QED) is 0.606. The molecule has 96 valence electrons. The number of urea groups is 1. The van der Waals surface area contributed by atoms with Gasteiger partial charge in [0.25, 0.3) is 5.91 Å². The van der Waals surface area contributed by atoms with Crippen LogP contribution in [0.2, 0.25) is 0 Å². The summed E-state index contributed by atoms with van der Waals surface area (Å²) in [6, 6.07) is -0.664. The fourth-order valence-corrected chi connectivity index (χ4v) is 2.63. The minimum absolute atomic E-state index is 0.223. The Morgan fingerprint density at radius 1 is 1.50 bits per heavy atom. The molecule has 0 aromatic carbocycles. The number of nitrogens with zero attached hydrogens (tertiary/aromatic N) is 1. The predicted molar refractivity (Wildman–Crippen MR) is 65.5 cm³/mol. The van der Waals surface area contributed by atoms with Crippen LogP contribution in [0.4, 0.5) is 4.79 Å². The normalized spacial score (nSPS) is 28.2. The molecule has 1 aliphatic carbocycles. The molecule has 0 spiro atoms. The highest BCUT2D eigenvalue weighted by molar-refractivity contribution is 6.21. The van der Waals surface area contributed by atoms with Crippen molar-refractivity contribution >= 4 is 17.8 Å². The average molecular weight is 248 g/mol. The number of barbiturate groups is 1. The highest BCUT2D eigenvalue weighted by Crippen LogP contribution is 2.41. The van der Waals surface area contributed by atoms with Crippen LogP contribution in [0.15, 0.2) is 24.3 Å². The number of imide groups is 2. The zero-order valence-corrected chi connectivity index (χ0v) is 10.4. The lowest BCUT2D eigenvalue weighted by Gasteiger charge is -2.38. The van der Waals surface area contributed by atoms with Crippen molar-refractivity contribution in [1.82, 2.24) is 10.2 Å². The van der Waals surface area contributed by atoms with Crippen molar-refractivity contribution in [1.29, 1.82) is 0 Å². The van der Waals surface area contributed by atoms with Crippen molar-refractivity contribution in [2.45, 2.75) is 25.7 Å². The van der Waals surface area contributed by atoms with Crippen molar-refractivity contribution in [3.05, 3.63) is 24.3 Å². The van der Waals surface area contributed by atoms with Crippen LogP contribution in [0.25, 0.3) is 0 Å². The number of allylic oxidation sites excluding steroid dienone is 2. The van der Waals surface area contributed by atoms with Crippen LogP contribution in [-0.2, 0) is 9.59 Å². The first-order valence-corrected chi connectivity index (χ1v) is 5.98. The molecule has 0 bridgehead atoms. The van der Waals surface area contributed by atoms with E-state index in [1.54, 1.807) is 6.08 Å². The summed E-state index contributed by atoms with van der Waals surface area (Å²) in [6.45, 7) is 3.62. The van der Waals surface area contributed by atoms with E-state index in [0.717, 1.165) is 29.7 Å². The lowest BCUT2D eigenvalue weighted by Crippen LogP contribution is -2.63. The van der Waals surface area contributed by atoms with Gasteiger partial charge in [-0.1, -0.05) is 12.2 Å². The summed E-state index contributed by atoms with van der Waals surface area (Å²) < 4.78 is 0. The van der Waals surface area contributed by atoms with Gasteiger partial charge in [-0.15, -0.1) is 6.58 Å². The van der Waals surface area contributed by atoms with Gasteiger partial charge in [-0.2, -0.15) is 0 Å². The summed E-state index contributed by atoms with van der Waals surface area (Å²) >= 11 is 0. The monoisotopic (exact) mass is 248 g/mol. The zero-order valence-electron chi connectivity index (χ0n) is 10.4. The molecule has 1 saturated heterocycles. The maximum atomic E-state index is 12.4. The summed E-state index contributed by atoms with van der Waals surface area (Å²) in [5, 5.41) is 2.25. The van der Waals surface area contributed by atoms with Gasteiger partial charge >= 0.3 is 6.03 Å². The molecule has 5 nitrogen and oxygen atoms in total. The first-order valence-electron chi connectivity index (χ1n) is 5.98. The van der Waals surface area contributed by atoms with Gasteiger partial charge in [0.05, 0.1) is 0 Å². The van der Waals surface area contributed by atoms with Crippen molar-refractivity contribution in [3.63, 3.8) is 0 Å². The third-order valence-corrected chi connectivity index (χ3v) is 3.62. The minimum Gasteiger partial charge on any atom is -0.276 e. The van der Waals surface area contributed by atoms with E-state index < -0.39 is 23.3 Å². The molecule has 4 amide bonds. The third kappa shape index (κ3) is 1.58. The average Bonchev–Trinajstić information content (AvgIpc) is 2.86. The molecule has 2 rings (SSSR count). The van der Waals surface area contributed by atoms with Gasteiger partial charge in [0, 0.05) is 7.05 Å². The molecule has 5 heteroatoms. The Bertz CT molecular complexity index is 467. The molecular weight excluding hydrogens is 232 g/mol. The lowest BCUT2D eigenvalue weighted by molar-refractivity contribution is -0.147. The Kier molecular flexibility index (Phi) is 3.07. The molecular formula is C13H16N2O3. The van der Waals surface area contributed by atoms with Crippen LogP contribution in [0, 0.1) is 5.41 Å². The molecule has 1 aliphatic heterocycles. The first-order chi connectivity index (χ1) is 8.54. The Labute approximate surface area is 106 Å². The van der Waals surface area contributed by atoms with E-state index in [1.165, 1.54) is 7.05 Å². The standard InChI is InChI=1S/C13H16N2O3/c1-3-8-13(9-6-4-5-7-9)10(16)14-12(18)15(2)11(13)17/h3,6H,1,4-5,7-8H2,2H3,(H,14,16,18). The number of hydrogen-bond donors (Lipinski definition) is 1. The maximum absolute atomic E-state index is 12.4. The van der Waals surface area contributed by atoms with Gasteiger partial charge in [-0.3, -0.25) is 19.8 Å². The molecule has 1 heterocycles. The van der Waals surface area contributed by atoms with E-state index >= 15 is 0 Å². The van der Waals surface area contributed by atoms with Crippen LogP contribution < -0.4 is 5.32 Å². The van der Waals surface area contributed by atoms with Crippen molar-refractivity contribution in [2.75, 3.05) is 7.05 Å². The molecule has 0 radical (unpaired) electrons. The van der Waals surface area contributed by atoms with Crippen LogP contribution in [0.1, 0.15) is 25.7 Å². The Hall–Kier alpha value is -1.91. The molecule has 0 saturated carbocycles. The smallest absolute Gasteiger partial charge is 0.276 e. The van der Waals surface area contributed by atoms with Gasteiger partial charge < -0.3 is 0 Å². The second-order valence-corrected chi connectivity index (χ2v) is 4.64. The number of rotatable bonds is 3. The SMILES string of the molecule is C=CCC1(C2=CCCC2)C(=O)NC(=O)N(C)C1=O. The van der Waals surface area contributed by atoms with Crippen molar-refractivity contribution in [2.24, 2.45) is 5.41 Å². The molecule has 2 aliphatic rings. The highest BCUT2D eigenvalue weighted by atomic mass is 16.2. The Morgan fingerprint density at radius 2 is 2.22 bits per heavy atom. The lowest BCUT2D eigenvalue weighted by atomic mass is 9.73. The summed E-state index contributed by atoms with van der Waals surface area (Å²) in [7, 11) is 1.39. The summed E-state index contributed by atoms with van der Waals surface area (Å²) in [5.41, 5.74) is -0.453. The van der Waals surface area contributed by atoms with Crippen molar-refractivity contribution < 1.29 is 14.4 Å². The molecule has 1 atom stereocenters. The molecule has 1 unspecified atom stereocenters. The van der Waals surface area contributed by atoms with Gasteiger partial charge in [-0.25, -0.2) is 4.79 Å². The van der Waals surface area contributed by atoms with E-state index in [2.05, 4.69) is 11.9 Å². The van der Waals surface area contributed by atoms with E-state index in [0.29, 0.717) is 0 Å². The number of carbonyl (C=O) groups excluding carboxylic acids is 3. The fraction of sp³-hybridized carbons (Fsp3) is 0.462. The van der Waals surface area contributed by atoms with E-state index in [1.807, 2.05) is 6.08 Å². The summed E-state index contributed by atoms with van der Waals surface area (Å²) in [5.74, 6) is -0.979. The molecule has 18 heavy (non-hydrogen) atoms.